The molecule has 0 bridgehead atoms. The largest absolute Gasteiger partial charge is 0.483 e. The number of fused-ring (bicyclic) bond motifs is 1. The summed E-state index contributed by atoms with van der Waals surface area (Å²) >= 11 is 0. The maximum atomic E-state index is 13.0. The van der Waals surface area contributed by atoms with Crippen molar-refractivity contribution in [2.45, 2.75) is 37.8 Å². The van der Waals surface area contributed by atoms with E-state index in [-0.39, 0.29) is 48.3 Å². The average Bonchev–Trinajstić information content (AvgIpc) is 2.97. The summed E-state index contributed by atoms with van der Waals surface area (Å²) in [6.45, 7) is 0.766. The van der Waals surface area contributed by atoms with E-state index in [1.165, 1.54) is 12.1 Å². The molecular weight excluding hydrogens is 392 g/mol. The molecule has 0 saturated carbocycles. The molecule has 0 spiro atoms. The van der Waals surface area contributed by atoms with Crippen LogP contribution in [0.3, 0.4) is 0 Å². The number of hydrogen-bond donors (Lipinski definition) is 2. The number of nitrogens with one attached hydrogen (secondary N) is 1. The van der Waals surface area contributed by atoms with E-state index in [0.29, 0.717) is 13.1 Å². The molecule has 0 radical (unpaired) electrons. The van der Waals surface area contributed by atoms with Gasteiger partial charge in [0.15, 0.2) is 6.61 Å². The van der Waals surface area contributed by atoms with E-state index < -0.39 is 29.7 Å². The molecule has 3 heterocycles. The number of carbonyl (C=O) groups excluding carboxylic acids is 5. The minimum absolute atomic E-state index is 0.0235. The van der Waals surface area contributed by atoms with Crippen molar-refractivity contribution in [1.29, 1.82) is 0 Å². The van der Waals surface area contributed by atoms with Crippen LogP contribution in [0.4, 0.5) is 0 Å². The minimum atomic E-state index is -1.06. The monoisotopic (exact) mass is 414 g/mol. The molecule has 2 atom stereocenters. The van der Waals surface area contributed by atoms with Gasteiger partial charge in [-0.15, -0.1) is 0 Å². The highest BCUT2D eigenvalue weighted by Crippen LogP contribution is 2.33. The third kappa shape index (κ3) is 3.54. The number of nitrogens with two attached hydrogens (primary N) is 1. The molecule has 3 N–H and O–H groups in total. The Morgan fingerprint density at radius 3 is 2.70 bits per heavy atom. The van der Waals surface area contributed by atoms with E-state index >= 15 is 0 Å². The zero-order chi connectivity index (χ0) is 21.4. The first-order chi connectivity index (χ1) is 14.4. The van der Waals surface area contributed by atoms with Gasteiger partial charge in [0.2, 0.25) is 11.8 Å². The molecule has 1 aromatic rings. The number of hydrogen-bond acceptors (Lipinski definition) is 7. The Hall–Kier alpha value is -3.27. The number of carbonyl (C=O) groups is 5. The molecule has 2 fully saturated rings. The van der Waals surface area contributed by atoms with Gasteiger partial charge in [-0.1, -0.05) is 6.07 Å². The highest BCUT2D eigenvalue weighted by molar-refractivity contribution is 6.24. The van der Waals surface area contributed by atoms with Crippen molar-refractivity contribution in [3.05, 3.63) is 29.3 Å². The third-order valence-electron chi connectivity index (χ3n) is 5.59. The third-order valence-corrected chi connectivity index (χ3v) is 5.59. The number of ether oxygens (including phenoxy) is 1. The van der Waals surface area contributed by atoms with E-state index in [1.807, 2.05) is 0 Å². The van der Waals surface area contributed by atoms with Crippen molar-refractivity contribution in [3.63, 3.8) is 0 Å². The lowest BCUT2D eigenvalue weighted by atomic mass is 10.0. The van der Waals surface area contributed by atoms with Gasteiger partial charge in [0.1, 0.15) is 11.8 Å². The van der Waals surface area contributed by atoms with E-state index in [4.69, 9.17) is 10.5 Å². The molecule has 3 aliphatic rings. The Bertz CT molecular complexity index is 945. The molecule has 4 rings (SSSR count). The summed E-state index contributed by atoms with van der Waals surface area (Å²) < 4.78 is 5.61. The molecule has 158 valence electrons. The van der Waals surface area contributed by atoms with Crippen LogP contribution in [-0.4, -0.2) is 71.1 Å². The summed E-state index contributed by atoms with van der Waals surface area (Å²) in [4.78, 5) is 64.3. The molecule has 2 saturated heterocycles. The van der Waals surface area contributed by atoms with Gasteiger partial charge in [0.05, 0.1) is 11.1 Å². The van der Waals surface area contributed by atoms with Crippen molar-refractivity contribution < 1.29 is 28.7 Å². The number of rotatable bonds is 4. The van der Waals surface area contributed by atoms with Gasteiger partial charge in [0.25, 0.3) is 17.7 Å². The van der Waals surface area contributed by atoms with Crippen molar-refractivity contribution in [2.75, 3.05) is 19.7 Å². The predicted molar refractivity (Wildman–Crippen MR) is 102 cm³/mol. The van der Waals surface area contributed by atoms with Crippen LogP contribution in [0, 0.1) is 0 Å². The van der Waals surface area contributed by atoms with Crippen molar-refractivity contribution >= 4 is 29.5 Å². The van der Waals surface area contributed by atoms with Crippen molar-refractivity contribution in [3.8, 4) is 5.75 Å². The molecule has 5 amide bonds. The highest BCUT2D eigenvalue weighted by atomic mass is 16.5. The maximum Gasteiger partial charge on any atom is 0.266 e. The number of imide groups is 2. The Labute approximate surface area is 172 Å². The second-order valence-corrected chi connectivity index (χ2v) is 7.66. The first kappa shape index (κ1) is 20.0. The number of benzene rings is 1. The zero-order valence-corrected chi connectivity index (χ0v) is 16.3. The van der Waals surface area contributed by atoms with Gasteiger partial charge in [-0.3, -0.25) is 34.2 Å². The lowest BCUT2D eigenvalue weighted by Gasteiger charge is -2.30. The first-order valence-electron chi connectivity index (χ1n) is 9.87. The van der Waals surface area contributed by atoms with Gasteiger partial charge >= 0.3 is 0 Å². The van der Waals surface area contributed by atoms with Crippen LogP contribution in [0.25, 0.3) is 0 Å². The van der Waals surface area contributed by atoms with E-state index in [9.17, 15) is 24.0 Å². The summed E-state index contributed by atoms with van der Waals surface area (Å²) in [5.74, 6) is -2.56. The second kappa shape index (κ2) is 7.86. The molecule has 10 nitrogen and oxygen atoms in total. The standard InChI is InChI=1S/C20H22N4O6/c21-11-3-2-8-23(9-11)16(26)10-30-14-5-1-4-12-17(14)20(29)24(19(12)28)13-6-7-15(25)22-18(13)27/h1,4-5,11,13H,2-3,6-10,21H2,(H,22,25,27). The Morgan fingerprint density at radius 2 is 1.97 bits per heavy atom. The Balaban J connectivity index is 1.51. The molecule has 1 aromatic carbocycles. The van der Waals surface area contributed by atoms with Gasteiger partial charge < -0.3 is 15.4 Å². The predicted octanol–water partition coefficient (Wildman–Crippen LogP) is -0.584. The molecule has 10 heteroatoms. The highest BCUT2D eigenvalue weighted by Gasteiger charge is 2.46. The van der Waals surface area contributed by atoms with Crippen LogP contribution in [-0.2, 0) is 14.4 Å². The van der Waals surface area contributed by atoms with Gasteiger partial charge in [0, 0.05) is 25.6 Å². The molecule has 0 aromatic heterocycles. The van der Waals surface area contributed by atoms with Gasteiger partial charge in [-0.05, 0) is 31.4 Å². The fourth-order valence-electron chi connectivity index (χ4n) is 4.07. The van der Waals surface area contributed by atoms with E-state index in [1.54, 1.807) is 11.0 Å². The van der Waals surface area contributed by atoms with Crippen LogP contribution in [0.1, 0.15) is 46.4 Å². The van der Waals surface area contributed by atoms with Crippen LogP contribution >= 0.6 is 0 Å². The zero-order valence-electron chi connectivity index (χ0n) is 16.3. The van der Waals surface area contributed by atoms with E-state index in [2.05, 4.69) is 5.32 Å². The molecule has 2 unspecified atom stereocenters. The smallest absolute Gasteiger partial charge is 0.266 e. The lowest BCUT2D eigenvalue weighted by Crippen LogP contribution is -2.54. The number of likely N-dealkylation sites (tertiary alicyclic amines) is 1. The SMILES string of the molecule is NC1CCCN(C(=O)COc2cccc3c2C(=O)N(C2CCC(=O)NC2=O)C3=O)C1. The second-order valence-electron chi connectivity index (χ2n) is 7.66. The summed E-state index contributed by atoms with van der Waals surface area (Å²) in [6.07, 6.45) is 1.80. The van der Waals surface area contributed by atoms with Gasteiger partial charge in [-0.25, -0.2) is 0 Å². The fraction of sp³-hybridized carbons (Fsp3) is 0.450. The normalized spacial score (nSPS) is 24.0. The summed E-state index contributed by atoms with van der Waals surface area (Å²) in [5, 5.41) is 2.15. The van der Waals surface area contributed by atoms with E-state index in [0.717, 1.165) is 17.7 Å². The van der Waals surface area contributed by atoms with Crippen LogP contribution < -0.4 is 15.8 Å². The Morgan fingerprint density at radius 1 is 1.17 bits per heavy atom. The lowest BCUT2D eigenvalue weighted by molar-refractivity contribution is -0.136. The summed E-state index contributed by atoms with van der Waals surface area (Å²) in [5.41, 5.74) is 6.04. The molecule has 30 heavy (non-hydrogen) atoms. The topological polar surface area (TPSA) is 139 Å². The van der Waals surface area contributed by atoms with Crippen LogP contribution in [0.2, 0.25) is 0 Å². The molecule has 0 aliphatic carbocycles. The molecular formula is C20H22N4O6. The number of piperidine rings is 2. The summed E-state index contributed by atoms with van der Waals surface area (Å²) in [6, 6.07) is 3.41. The van der Waals surface area contributed by atoms with Crippen molar-refractivity contribution in [2.24, 2.45) is 5.73 Å². The van der Waals surface area contributed by atoms with Crippen molar-refractivity contribution in [1.82, 2.24) is 15.1 Å². The fourth-order valence-corrected chi connectivity index (χ4v) is 4.07. The summed E-state index contributed by atoms with van der Waals surface area (Å²) in [7, 11) is 0. The van der Waals surface area contributed by atoms with Gasteiger partial charge in [-0.2, -0.15) is 0 Å². The Kier molecular flexibility index (Phi) is 5.25. The average molecular weight is 414 g/mol. The number of amides is 5. The van der Waals surface area contributed by atoms with Crippen LogP contribution in [0.15, 0.2) is 18.2 Å². The minimum Gasteiger partial charge on any atom is -0.483 e. The number of nitrogens with zero attached hydrogens (tertiary/aromatic N) is 2. The first-order valence-corrected chi connectivity index (χ1v) is 9.87. The van der Waals surface area contributed by atoms with Crippen LogP contribution in [0.5, 0.6) is 5.75 Å². The quantitative estimate of drug-likeness (QED) is 0.628. The molecule has 3 aliphatic heterocycles. The maximum absolute atomic E-state index is 13.0.